The van der Waals surface area contributed by atoms with E-state index in [1.807, 2.05) is 0 Å². The molecule has 0 amide bonds. The van der Waals surface area contributed by atoms with Gasteiger partial charge >= 0.3 is 0 Å². The molecule has 0 fully saturated rings. The summed E-state index contributed by atoms with van der Waals surface area (Å²) in [6.45, 7) is 23.8. The number of benzene rings is 9. The Hall–Kier alpha value is -7.42. The van der Waals surface area contributed by atoms with E-state index >= 15 is 0 Å². The van der Waals surface area contributed by atoms with Gasteiger partial charge in [0.25, 0.3) is 0 Å². The van der Waals surface area contributed by atoms with E-state index in [1.54, 1.807) is 0 Å². The van der Waals surface area contributed by atoms with Crippen molar-refractivity contribution < 1.29 is 4.42 Å². The number of anilines is 3. The molecule has 0 bridgehead atoms. The Morgan fingerprint density at radius 2 is 1.04 bits per heavy atom. The summed E-state index contributed by atoms with van der Waals surface area (Å²) < 4.78 is 6.89. The van der Waals surface area contributed by atoms with Gasteiger partial charge in [-0.2, -0.15) is 0 Å². The van der Waals surface area contributed by atoms with E-state index in [0.29, 0.717) is 0 Å². The van der Waals surface area contributed by atoms with Gasteiger partial charge in [-0.15, -0.1) is 0 Å². The van der Waals surface area contributed by atoms with Gasteiger partial charge in [-0.05, 0) is 167 Å². The number of nitrogens with zero attached hydrogens (tertiary/aromatic N) is 1. The van der Waals surface area contributed by atoms with Crippen molar-refractivity contribution >= 4 is 39.0 Å². The monoisotopic (exact) mass is 917 g/mol. The Kier molecular flexibility index (Phi) is 8.45. The molecular formula is C69H59NO. The van der Waals surface area contributed by atoms with Crippen molar-refractivity contribution in [2.24, 2.45) is 0 Å². The standard InChI is InChI=1S/C69H59NO/c1-39-23-29-43(30-24-39)70(44-31-33-48-54(36-44)67(5,6)56-38-51(40-25-27-42(28-26-40)66(2,3)4)65-62(60(48)56)50-20-14-16-22-57(50)71-65)45-32-34-49-55(37-45)69(9,10)64-61(49)58-46-18-12-11-17-41(46)35-52(58)59-47-19-13-15-21-53(47)68(7,8)63(59)64/h11-34,36-38H,35H2,1-10H3. The topological polar surface area (TPSA) is 16.4 Å². The molecule has 0 saturated carbocycles. The lowest BCUT2D eigenvalue weighted by Crippen LogP contribution is -2.24. The first-order valence-electron chi connectivity index (χ1n) is 25.7. The molecule has 0 spiro atoms. The zero-order valence-corrected chi connectivity index (χ0v) is 42.7. The second-order valence-electron chi connectivity index (χ2n) is 23.7. The van der Waals surface area contributed by atoms with Gasteiger partial charge in [0, 0.05) is 49.6 Å². The summed E-state index contributed by atoms with van der Waals surface area (Å²) in [7, 11) is 0. The zero-order valence-electron chi connectivity index (χ0n) is 42.7. The van der Waals surface area contributed by atoms with Crippen LogP contribution in [0.2, 0.25) is 0 Å². The van der Waals surface area contributed by atoms with Crippen LogP contribution in [0.4, 0.5) is 17.1 Å². The Balaban J connectivity index is 0.960. The zero-order chi connectivity index (χ0) is 48.7. The van der Waals surface area contributed by atoms with Crippen LogP contribution in [0.5, 0.6) is 0 Å². The van der Waals surface area contributed by atoms with Crippen LogP contribution in [0.1, 0.15) is 118 Å². The number of rotatable bonds is 4. The Labute approximate surface area is 418 Å². The molecule has 0 aliphatic heterocycles. The number of fused-ring (bicyclic) bond motifs is 19. The van der Waals surface area contributed by atoms with E-state index in [1.165, 1.54) is 117 Å². The summed E-state index contributed by atoms with van der Waals surface area (Å²) in [5.41, 5.74) is 32.1. The van der Waals surface area contributed by atoms with Crippen molar-refractivity contribution in [1.29, 1.82) is 0 Å². The summed E-state index contributed by atoms with van der Waals surface area (Å²) in [5, 5.41) is 2.37. The van der Waals surface area contributed by atoms with Crippen molar-refractivity contribution in [1.82, 2.24) is 0 Å². The minimum atomic E-state index is -0.296. The van der Waals surface area contributed by atoms with Gasteiger partial charge in [-0.1, -0.05) is 183 Å². The lowest BCUT2D eigenvalue weighted by Gasteiger charge is -2.32. The largest absolute Gasteiger partial charge is 0.455 e. The lowest BCUT2D eigenvalue weighted by molar-refractivity contribution is 0.590. The van der Waals surface area contributed by atoms with Gasteiger partial charge in [-0.3, -0.25) is 0 Å². The van der Waals surface area contributed by atoms with E-state index in [4.69, 9.17) is 4.42 Å². The van der Waals surface area contributed by atoms with Gasteiger partial charge in [-0.25, -0.2) is 0 Å². The lowest BCUT2D eigenvalue weighted by atomic mass is 9.71. The Morgan fingerprint density at radius 3 is 1.76 bits per heavy atom. The number of hydrogen-bond donors (Lipinski definition) is 0. The summed E-state index contributed by atoms with van der Waals surface area (Å²) in [6, 6.07) is 62.3. The normalized spacial score (nSPS) is 15.7. The molecule has 0 saturated heterocycles. The van der Waals surface area contributed by atoms with E-state index in [2.05, 4.69) is 238 Å². The summed E-state index contributed by atoms with van der Waals surface area (Å²) in [6.07, 6.45) is 0.966. The first-order valence-corrected chi connectivity index (χ1v) is 25.7. The third-order valence-corrected chi connectivity index (χ3v) is 17.5. The molecular weight excluding hydrogens is 859 g/mol. The Morgan fingerprint density at radius 1 is 0.465 bits per heavy atom. The average Bonchev–Trinajstić information content (AvgIpc) is 4.11. The molecule has 0 atom stereocenters. The molecule has 0 radical (unpaired) electrons. The van der Waals surface area contributed by atoms with E-state index in [9.17, 15) is 0 Å². The van der Waals surface area contributed by atoms with Crippen LogP contribution in [0.15, 0.2) is 168 Å². The minimum Gasteiger partial charge on any atom is -0.455 e. The molecule has 2 heteroatoms. The number of aryl methyl sites for hydroxylation is 1. The quantitative estimate of drug-likeness (QED) is 0.175. The second-order valence-corrected chi connectivity index (χ2v) is 23.7. The molecule has 4 aliphatic rings. The summed E-state index contributed by atoms with van der Waals surface area (Å²) >= 11 is 0. The molecule has 0 N–H and O–H groups in total. The van der Waals surface area contributed by atoms with Crippen LogP contribution < -0.4 is 4.90 Å². The van der Waals surface area contributed by atoms with Crippen LogP contribution >= 0.6 is 0 Å². The summed E-state index contributed by atoms with van der Waals surface area (Å²) in [5.74, 6) is 0. The highest BCUT2D eigenvalue weighted by Gasteiger charge is 2.50. The molecule has 346 valence electrons. The van der Waals surface area contributed by atoms with E-state index in [-0.39, 0.29) is 21.7 Å². The van der Waals surface area contributed by atoms with Crippen molar-refractivity contribution in [3.63, 3.8) is 0 Å². The maximum absolute atomic E-state index is 6.89. The van der Waals surface area contributed by atoms with Crippen LogP contribution in [0.3, 0.4) is 0 Å². The van der Waals surface area contributed by atoms with Crippen molar-refractivity contribution in [2.45, 2.75) is 97.3 Å². The predicted octanol–water partition coefficient (Wildman–Crippen LogP) is 18.8. The highest BCUT2D eigenvalue weighted by molar-refractivity contribution is 6.19. The smallest absolute Gasteiger partial charge is 0.143 e. The van der Waals surface area contributed by atoms with Gasteiger partial charge in [0.05, 0.1) is 0 Å². The molecule has 4 aliphatic carbocycles. The highest BCUT2D eigenvalue weighted by Crippen LogP contribution is 2.65. The number of para-hydroxylation sites is 1. The average molecular weight is 918 g/mol. The fourth-order valence-electron chi connectivity index (χ4n) is 13.9. The highest BCUT2D eigenvalue weighted by atomic mass is 16.3. The molecule has 71 heavy (non-hydrogen) atoms. The van der Waals surface area contributed by atoms with Gasteiger partial charge in [0.1, 0.15) is 11.2 Å². The van der Waals surface area contributed by atoms with Gasteiger partial charge < -0.3 is 9.32 Å². The second kappa shape index (κ2) is 14.1. The van der Waals surface area contributed by atoms with Crippen LogP contribution in [0, 0.1) is 6.92 Å². The fraction of sp³-hybridized carbons (Fsp3) is 0.217. The third-order valence-electron chi connectivity index (χ3n) is 17.5. The minimum absolute atomic E-state index is 0.0668. The molecule has 0 unspecified atom stereocenters. The van der Waals surface area contributed by atoms with Crippen LogP contribution in [-0.4, -0.2) is 0 Å². The van der Waals surface area contributed by atoms with Crippen LogP contribution in [0.25, 0.3) is 77.6 Å². The van der Waals surface area contributed by atoms with Crippen molar-refractivity contribution in [3.8, 4) is 55.6 Å². The predicted molar refractivity (Wildman–Crippen MR) is 298 cm³/mol. The molecule has 14 rings (SSSR count). The Bertz CT molecular complexity index is 3960. The van der Waals surface area contributed by atoms with Gasteiger partial charge in [0.15, 0.2) is 0 Å². The molecule has 1 heterocycles. The first-order chi connectivity index (χ1) is 34.0. The fourth-order valence-corrected chi connectivity index (χ4v) is 13.9. The van der Waals surface area contributed by atoms with Crippen molar-refractivity contribution in [3.05, 3.63) is 219 Å². The summed E-state index contributed by atoms with van der Waals surface area (Å²) in [4.78, 5) is 2.51. The van der Waals surface area contributed by atoms with Gasteiger partial charge in [0.2, 0.25) is 0 Å². The number of hydrogen-bond acceptors (Lipinski definition) is 2. The van der Waals surface area contributed by atoms with Crippen molar-refractivity contribution in [2.75, 3.05) is 4.90 Å². The van der Waals surface area contributed by atoms with E-state index < -0.39 is 0 Å². The molecule has 2 nitrogen and oxygen atoms in total. The molecule has 9 aromatic carbocycles. The molecule has 1 aromatic heterocycles. The maximum atomic E-state index is 6.89. The number of furan rings is 1. The molecule has 10 aromatic rings. The maximum Gasteiger partial charge on any atom is 0.143 e. The SMILES string of the molecule is Cc1ccc(N(c2ccc3c(c2)C(C)(C)c2cc(-c4ccc(C(C)(C)C)cc4)c4oc5ccccc5c4c2-3)c2ccc3c(c2)C(C)(C)c2c-3c3c(c4c2C(C)(C)c2ccccc2-4)Cc2ccccc2-3)cc1. The van der Waals surface area contributed by atoms with E-state index in [0.717, 1.165) is 39.9 Å². The first kappa shape index (κ1) is 42.5. The third kappa shape index (κ3) is 5.65. The van der Waals surface area contributed by atoms with Crippen LogP contribution in [-0.2, 0) is 28.1 Å².